The number of hydrogen-bond acceptors (Lipinski definition) is 3. The van der Waals surface area contributed by atoms with E-state index in [-0.39, 0.29) is 7.12 Å². The summed E-state index contributed by atoms with van der Waals surface area (Å²) < 4.78 is 0. The Morgan fingerprint density at radius 1 is 0.484 bits per heavy atom. The number of anilines is 4. The van der Waals surface area contributed by atoms with Gasteiger partial charge in [0.2, 0.25) is 0 Å². The fraction of sp³-hybridized carbons (Fsp3) is 0.111. The van der Waals surface area contributed by atoms with Crippen molar-refractivity contribution in [3.05, 3.63) is 121 Å². The lowest BCUT2D eigenvalue weighted by molar-refractivity contribution is 0.771. The third kappa shape index (κ3) is 4.02. The molecule has 0 unspecified atom stereocenters. The Morgan fingerprint density at radius 3 is 1.23 bits per heavy atom. The summed E-state index contributed by atoms with van der Waals surface area (Å²) in [5, 5.41) is 0. The molecule has 1 saturated heterocycles. The van der Waals surface area contributed by atoms with E-state index in [1.807, 2.05) is 0 Å². The second kappa shape index (κ2) is 9.01. The summed E-state index contributed by atoms with van der Waals surface area (Å²) in [5.74, 6) is 0. The van der Waals surface area contributed by atoms with Crippen LogP contribution in [0.1, 0.15) is 6.42 Å². The van der Waals surface area contributed by atoms with Gasteiger partial charge in [-0.25, -0.2) is 0 Å². The summed E-state index contributed by atoms with van der Waals surface area (Å²) in [6.07, 6.45) is 1.11. The van der Waals surface area contributed by atoms with E-state index in [0.717, 1.165) is 19.5 Å². The highest BCUT2D eigenvalue weighted by Crippen LogP contribution is 2.34. The van der Waals surface area contributed by atoms with Crippen molar-refractivity contribution in [3.63, 3.8) is 0 Å². The van der Waals surface area contributed by atoms with Crippen molar-refractivity contribution in [2.75, 3.05) is 27.5 Å². The van der Waals surface area contributed by atoms with E-state index < -0.39 is 0 Å². The number of para-hydroxylation sites is 4. The maximum Gasteiger partial charge on any atom is 0.509 e. The van der Waals surface area contributed by atoms with Crippen LogP contribution in [0.4, 0.5) is 22.7 Å². The molecule has 0 bridgehead atoms. The van der Waals surface area contributed by atoms with Crippen molar-refractivity contribution in [1.29, 1.82) is 0 Å². The highest BCUT2D eigenvalue weighted by molar-refractivity contribution is 6.72. The van der Waals surface area contributed by atoms with Gasteiger partial charge >= 0.3 is 7.12 Å². The number of benzene rings is 4. The van der Waals surface area contributed by atoms with E-state index >= 15 is 0 Å². The topological polar surface area (TPSA) is 9.72 Å². The molecule has 1 heterocycles. The second-order valence-electron chi connectivity index (χ2n) is 7.80. The molecule has 1 aliphatic rings. The van der Waals surface area contributed by atoms with Gasteiger partial charge in [0.05, 0.1) is 0 Å². The third-order valence-corrected chi connectivity index (χ3v) is 5.83. The molecule has 0 N–H and O–H groups in total. The molecule has 0 spiro atoms. The van der Waals surface area contributed by atoms with Gasteiger partial charge in [-0.1, -0.05) is 72.8 Å². The first kappa shape index (κ1) is 19.3. The first-order valence-corrected chi connectivity index (χ1v) is 10.9. The zero-order chi connectivity index (χ0) is 20.9. The molecule has 152 valence electrons. The van der Waals surface area contributed by atoms with Crippen molar-refractivity contribution < 1.29 is 0 Å². The van der Waals surface area contributed by atoms with E-state index in [0.29, 0.717) is 0 Å². The summed E-state index contributed by atoms with van der Waals surface area (Å²) in [5.41, 5.74) is 4.85. The van der Waals surface area contributed by atoms with Crippen LogP contribution in [0.15, 0.2) is 121 Å². The third-order valence-electron chi connectivity index (χ3n) is 5.83. The molecule has 4 aromatic rings. The highest BCUT2D eigenvalue weighted by Gasteiger charge is 2.42. The number of hydrogen-bond donors (Lipinski definition) is 0. The fourth-order valence-corrected chi connectivity index (χ4v) is 4.45. The largest absolute Gasteiger partial charge is 0.509 e. The van der Waals surface area contributed by atoms with Crippen molar-refractivity contribution in [3.8, 4) is 0 Å². The molecular weight excluding hydrogens is 377 g/mol. The molecule has 3 nitrogen and oxygen atoms in total. The first-order chi connectivity index (χ1) is 15.4. The molecule has 4 aromatic carbocycles. The second-order valence-corrected chi connectivity index (χ2v) is 7.80. The maximum atomic E-state index is 2.52. The van der Waals surface area contributed by atoms with Crippen LogP contribution in [-0.2, 0) is 0 Å². The Balaban J connectivity index is 1.69. The van der Waals surface area contributed by atoms with Crippen LogP contribution in [0.5, 0.6) is 0 Å². The monoisotopic (exact) mass is 403 g/mol. The van der Waals surface area contributed by atoms with Gasteiger partial charge in [0.15, 0.2) is 0 Å². The Hall–Kier alpha value is -3.66. The van der Waals surface area contributed by atoms with E-state index in [1.54, 1.807) is 0 Å². The van der Waals surface area contributed by atoms with Gasteiger partial charge in [-0.05, 0) is 55.0 Å². The molecule has 0 amide bonds. The quantitative estimate of drug-likeness (QED) is 0.366. The zero-order valence-corrected chi connectivity index (χ0v) is 17.6. The standard InChI is InChI=1S/C27H26BN3/c1-5-14-24(15-6-1)29-22-13-23-30(25-16-7-2-8-17-25)28(29)31(26-18-9-3-10-19-26)27-20-11-4-12-21-27/h1-12,14-21H,13,22-23H2. The predicted molar refractivity (Wildman–Crippen MR) is 133 cm³/mol. The van der Waals surface area contributed by atoms with Crippen molar-refractivity contribution in [2.45, 2.75) is 6.42 Å². The minimum atomic E-state index is 0.0170. The Bertz CT molecular complexity index is 988. The molecule has 1 aliphatic heterocycles. The Kier molecular flexibility index (Phi) is 5.61. The molecule has 0 saturated carbocycles. The van der Waals surface area contributed by atoms with Gasteiger partial charge < -0.3 is 14.4 Å². The predicted octanol–water partition coefficient (Wildman–Crippen LogP) is 6.23. The van der Waals surface area contributed by atoms with Crippen LogP contribution in [0.25, 0.3) is 0 Å². The van der Waals surface area contributed by atoms with Crippen molar-refractivity contribution in [1.82, 2.24) is 0 Å². The summed E-state index contributed by atoms with van der Waals surface area (Å²) in [7, 11) is 0.0170. The molecule has 0 atom stereocenters. The minimum Gasteiger partial charge on any atom is -0.376 e. The van der Waals surface area contributed by atoms with Crippen LogP contribution >= 0.6 is 0 Å². The smallest absolute Gasteiger partial charge is 0.376 e. The Morgan fingerprint density at radius 2 is 0.839 bits per heavy atom. The highest BCUT2D eigenvalue weighted by atomic mass is 15.4. The average Bonchev–Trinajstić information content (AvgIpc) is 2.87. The van der Waals surface area contributed by atoms with Gasteiger partial charge in [0, 0.05) is 35.8 Å². The molecule has 4 heteroatoms. The van der Waals surface area contributed by atoms with E-state index in [1.165, 1.54) is 22.7 Å². The number of rotatable bonds is 5. The summed E-state index contributed by atoms with van der Waals surface area (Å²) in [6, 6.07) is 43.0. The average molecular weight is 403 g/mol. The van der Waals surface area contributed by atoms with Crippen molar-refractivity contribution in [2.24, 2.45) is 0 Å². The minimum absolute atomic E-state index is 0.0170. The summed E-state index contributed by atoms with van der Waals surface area (Å²) >= 11 is 0. The molecule has 0 radical (unpaired) electrons. The van der Waals surface area contributed by atoms with E-state index in [4.69, 9.17) is 0 Å². The summed E-state index contributed by atoms with van der Waals surface area (Å²) in [4.78, 5) is 7.51. The zero-order valence-electron chi connectivity index (χ0n) is 17.6. The van der Waals surface area contributed by atoms with Crippen molar-refractivity contribution >= 4 is 29.9 Å². The lowest BCUT2D eigenvalue weighted by Crippen LogP contribution is -2.66. The van der Waals surface area contributed by atoms with Crippen LogP contribution < -0.4 is 14.4 Å². The fourth-order valence-electron chi connectivity index (χ4n) is 4.45. The lowest BCUT2D eigenvalue weighted by Gasteiger charge is -2.48. The maximum absolute atomic E-state index is 2.52. The van der Waals surface area contributed by atoms with Crippen LogP contribution in [0.3, 0.4) is 0 Å². The van der Waals surface area contributed by atoms with Crippen LogP contribution in [0, 0.1) is 0 Å². The Labute approximate surface area is 185 Å². The molecular formula is C27H26BN3. The van der Waals surface area contributed by atoms with Gasteiger partial charge in [-0.15, -0.1) is 0 Å². The molecule has 0 aromatic heterocycles. The normalized spacial score (nSPS) is 13.9. The van der Waals surface area contributed by atoms with Gasteiger partial charge in [0.25, 0.3) is 0 Å². The van der Waals surface area contributed by atoms with Gasteiger partial charge in [-0.3, -0.25) is 0 Å². The van der Waals surface area contributed by atoms with Crippen LogP contribution in [0.2, 0.25) is 0 Å². The number of nitrogens with zero attached hydrogens (tertiary/aromatic N) is 3. The lowest BCUT2D eigenvalue weighted by atomic mass is 9.77. The molecule has 1 fully saturated rings. The van der Waals surface area contributed by atoms with Gasteiger partial charge in [0.1, 0.15) is 0 Å². The van der Waals surface area contributed by atoms with Crippen LogP contribution in [-0.4, -0.2) is 20.2 Å². The van der Waals surface area contributed by atoms with E-state index in [2.05, 4.69) is 136 Å². The molecule has 5 rings (SSSR count). The molecule has 31 heavy (non-hydrogen) atoms. The van der Waals surface area contributed by atoms with Gasteiger partial charge in [-0.2, -0.15) is 0 Å². The first-order valence-electron chi connectivity index (χ1n) is 10.9. The molecule has 0 aliphatic carbocycles. The summed E-state index contributed by atoms with van der Waals surface area (Å²) in [6.45, 7) is 2.02. The SMILES string of the molecule is c1ccc(N2CCCN(c3ccccc3)B2N(c2ccccc2)c2ccccc2)cc1. The van der Waals surface area contributed by atoms with E-state index in [9.17, 15) is 0 Å².